The first-order chi connectivity index (χ1) is 19.9. The second-order valence-corrected chi connectivity index (χ2v) is 11.1. The molecule has 1 saturated heterocycles. The first-order valence-electron chi connectivity index (χ1n) is 14.1. The molecule has 0 bridgehead atoms. The summed E-state index contributed by atoms with van der Waals surface area (Å²) in [5.74, 6) is 0.544. The second kappa shape index (κ2) is 11.4. The van der Waals surface area contributed by atoms with Gasteiger partial charge in [-0.05, 0) is 124 Å². The maximum absolute atomic E-state index is 12.0. The van der Waals surface area contributed by atoms with Crippen LogP contribution in [0.25, 0.3) is 5.69 Å². The first kappa shape index (κ1) is 27.0. The number of hydrogen-bond acceptors (Lipinski definition) is 5. The summed E-state index contributed by atoms with van der Waals surface area (Å²) in [5, 5.41) is 4.22. The molecule has 0 unspecified atom stereocenters. The highest BCUT2D eigenvalue weighted by atomic mass is 32.1. The van der Waals surface area contributed by atoms with E-state index in [0.29, 0.717) is 16.8 Å². The predicted octanol–water partition coefficient (Wildman–Crippen LogP) is 6.77. The second-order valence-electron chi connectivity index (χ2n) is 10.7. The summed E-state index contributed by atoms with van der Waals surface area (Å²) in [5.41, 5.74) is 6.74. The summed E-state index contributed by atoms with van der Waals surface area (Å²) in [7, 11) is 1.39. The van der Waals surface area contributed by atoms with E-state index in [0.717, 1.165) is 52.6 Å². The summed E-state index contributed by atoms with van der Waals surface area (Å²) in [4.78, 5) is 18.9. The zero-order valence-electron chi connectivity index (χ0n) is 23.5. The molecule has 0 spiro atoms. The Morgan fingerprint density at radius 1 is 0.976 bits per heavy atom. The lowest BCUT2D eigenvalue weighted by Crippen LogP contribution is -2.29. The number of benzene rings is 2. The zero-order chi connectivity index (χ0) is 28.5. The molecule has 2 aliphatic rings. The molecule has 0 amide bonds. The van der Waals surface area contributed by atoms with Crippen molar-refractivity contribution in [2.75, 3.05) is 12.0 Å². The summed E-state index contributed by atoms with van der Waals surface area (Å²) in [6.07, 6.45) is 6.85. The van der Waals surface area contributed by atoms with Crippen LogP contribution in [-0.2, 0) is 4.74 Å². The van der Waals surface area contributed by atoms with Crippen molar-refractivity contribution in [3.8, 4) is 11.4 Å². The minimum atomic E-state index is -0.350. The predicted molar refractivity (Wildman–Crippen MR) is 164 cm³/mol. The Hall–Kier alpha value is -4.17. The molecular weight excluding hydrogens is 532 g/mol. The molecule has 1 N–H and O–H groups in total. The lowest BCUT2D eigenvalue weighted by Gasteiger charge is -2.28. The Kier molecular flexibility index (Phi) is 7.49. The van der Waals surface area contributed by atoms with Gasteiger partial charge in [0.1, 0.15) is 5.75 Å². The van der Waals surface area contributed by atoms with Crippen molar-refractivity contribution in [2.45, 2.75) is 57.7 Å². The number of nitrogens with one attached hydrogen (secondary N) is 1. The van der Waals surface area contributed by atoms with Crippen LogP contribution in [0.3, 0.4) is 0 Å². The van der Waals surface area contributed by atoms with Crippen LogP contribution < -0.4 is 15.0 Å². The largest absolute Gasteiger partial charge is 0.490 e. The van der Waals surface area contributed by atoms with Crippen LogP contribution in [0.2, 0.25) is 0 Å². The van der Waals surface area contributed by atoms with Gasteiger partial charge in [-0.2, -0.15) is 0 Å². The van der Waals surface area contributed by atoms with Gasteiger partial charge in [0.25, 0.3) is 0 Å². The summed E-state index contributed by atoms with van der Waals surface area (Å²) in [6.45, 7) is 4.23. The van der Waals surface area contributed by atoms with Crippen molar-refractivity contribution in [3.05, 3.63) is 107 Å². The lowest BCUT2D eigenvalue weighted by molar-refractivity contribution is 0.0600. The molecule has 2 aromatic heterocycles. The highest BCUT2D eigenvalue weighted by molar-refractivity contribution is 7.80. The van der Waals surface area contributed by atoms with Crippen LogP contribution >= 0.6 is 12.2 Å². The van der Waals surface area contributed by atoms with Gasteiger partial charge in [-0.15, -0.1) is 0 Å². The molecule has 0 radical (unpaired) electrons. The van der Waals surface area contributed by atoms with Gasteiger partial charge in [0.15, 0.2) is 5.11 Å². The number of aromatic nitrogens is 2. The third kappa shape index (κ3) is 5.20. The van der Waals surface area contributed by atoms with Gasteiger partial charge in [-0.1, -0.05) is 6.07 Å². The minimum Gasteiger partial charge on any atom is -0.490 e. The van der Waals surface area contributed by atoms with E-state index in [2.05, 4.69) is 46.8 Å². The van der Waals surface area contributed by atoms with Crippen molar-refractivity contribution in [3.63, 3.8) is 0 Å². The van der Waals surface area contributed by atoms with Gasteiger partial charge in [-0.3, -0.25) is 4.98 Å². The van der Waals surface area contributed by atoms with Gasteiger partial charge in [-0.25, -0.2) is 4.79 Å². The fourth-order valence-electron chi connectivity index (χ4n) is 6.18. The Labute approximate surface area is 246 Å². The van der Waals surface area contributed by atoms with Gasteiger partial charge in [0, 0.05) is 29.0 Å². The number of hydrogen-bond donors (Lipinski definition) is 1. The number of nitrogens with zero attached hydrogens (tertiary/aromatic N) is 3. The molecule has 7 nitrogen and oxygen atoms in total. The lowest BCUT2D eigenvalue weighted by atomic mass is 9.96. The van der Waals surface area contributed by atoms with E-state index in [1.165, 1.54) is 20.0 Å². The minimum absolute atomic E-state index is 0.131. The van der Waals surface area contributed by atoms with Crippen LogP contribution in [0.1, 0.15) is 70.8 Å². The Bertz CT molecular complexity index is 1540. The van der Waals surface area contributed by atoms with Crippen molar-refractivity contribution in [1.82, 2.24) is 14.9 Å². The molecule has 6 rings (SSSR count). The molecule has 41 heavy (non-hydrogen) atoms. The number of anilines is 1. The van der Waals surface area contributed by atoms with Crippen LogP contribution in [0.4, 0.5) is 5.69 Å². The Morgan fingerprint density at radius 3 is 2.34 bits per heavy atom. The van der Waals surface area contributed by atoms with Gasteiger partial charge < -0.3 is 24.3 Å². The molecule has 1 aliphatic carbocycles. The maximum atomic E-state index is 12.0. The number of rotatable bonds is 7. The Balaban J connectivity index is 1.39. The van der Waals surface area contributed by atoms with E-state index in [-0.39, 0.29) is 18.1 Å². The molecule has 8 heteroatoms. The fraction of sp³-hybridized carbons (Fsp3) is 0.303. The van der Waals surface area contributed by atoms with Crippen LogP contribution in [-0.4, -0.2) is 33.8 Å². The molecule has 3 heterocycles. The number of carbonyl (C=O) groups is 1. The molecule has 210 valence electrons. The first-order valence-corrected chi connectivity index (χ1v) is 14.5. The fourth-order valence-corrected chi connectivity index (χ4v) is 6.53. The average molecular weight is 567 g/mol. The van der Waals surface area contributed by atoms with E-state index < -0.39 is 0 Å². The summed E-state index contributed by atoms with van der Waals surface area (Å²) >= 11 is 5.96. The molecule has 4 aromatic rings. The maximum Gasteiger partial charge on any atom is 0.337 e. The smallest absolute Gasteiger partial charge is 0.337 e. The standard InChI is InChI=1S/C33H34N4O3S/c1-21-20-28(22(2)36(21)24-13-11-23(12-14-24)32(38)39-3)31-30(29-10-6-7-19-34-29)35-33(41)37(31)25-15-17-27(18-16-25)40-26-8-4-5-9-26/h6-7,10-20,26,30-31H,4-5,8-9H2,1-3H3,(H,35,41)/t30-,31+/m1/s1. The van der Waals surface area contributed by atoms with Crippen LogP contribution in [0.5, 0.6) is 5.75 Å². The average Bonchev–Trinajstić information content (AvgIpc) is 3.71. The van der Waals surface area contributed by atoms with E-state index >= 15 is 0 Å². The SMILES string of the molecule is COC(=O)c1ccc(-n2c(C)cc([C@H]3[C@@H](c4ccccn4)NC(=S)N3c3ccc(OC4CCCC4)cc3)c2C)cc1. The van der Waals surface area contributed by atoms with Gasteiger partial charge in [0.05, 0.1) is 36.6 Å². The highest BCUT2D eigenvalue weighted by Crippen LogP contribution is 2.44. The molecule has 1 aliphatic heterocycles. The topological polar surface area (TPSA) is 68.6 Å². The monoisotopic (exact) mass is 566 g/mol. The van der Waals surface area contributed by atoms with Crippen LogP contribution in [0.15, 0.2) is 79.0 Å². The number of ether oxygens (including phenoxy) is 2. The number of pyridine rings is 1. The molecular formula is C33H34N4O3S. The molecule has 1 saturated carbocycles. The van der Waals surface area contributed by atoms with E-state index in [9.17, 15) is 4.79 Å². The van der Waals surface area contributed by atoms with Crippen molar-refractivity contribution in [2.24, 2.45) is 0 Å². The molecule has 2 aromatic carbocycles. The highest BCUT2D eigenvalue weighted by Gasteiger charge is 2.42. The van der Waals surface area contributed by atoms with Crippen molar-refractivity contribution >= 4 is 29.0 Å². The van der Waals surface area contributed by atoms with Crippen LogP contribution in [0, 0.1) is 13.8 Å². The van der Waals surface area contributed by atoms with E-state index in [4.69, 9.17) is 26.7 Å². The quantitative estimate of drug-likeness (QED) is 0.195. The number of thiocarbonyl (C=S) groups is 1. The summed E-state index contributed by atoms with van der Waals surface area (Å²) in [6, 6.07) is 23.7. The third-order valence-corrected chi connectivity index (χ3v) is 8.47. The number of aryl methyl sites for hydroxylation is 1. The summed E-state index contributed by atoms with van der Waals surface area (Å²) < 4.78 is 13.3. The molecule has 2 atom stereocenters. The van der Waals surface area contributed by atoms with Crippen molar-refractivity contribution in [1.29, 1.82) is 0 Å². The zero-order valence-corrected chi connectivity index (χ0v) is 24.4. The normalized spacial score (nSPS) is 18.9. The Morgan fingerprint density at radius 2 is 1.68 bits per heavy atom. The van der Waals surface area contributed by atoms with E-state index in [1.54, 1.807) is 12.1 Å². The van der Waals surface area contributed by atoms with Gasteiger partial charge >= 0.3 is 5.97 Å². The molecule has 2 fully saturated rings. The third-order valence-electron chi connectivity index (χ3n) is 8.15. The van der Waals surface area contributed by atoms with Crippen molar-refractivity contribution < 1.29 is 14.3 Å². The number of carbonyl (C=O) groups excluding carboxylic acids is 1. The number of esters is 1. The number of methoxy groups -OCH3 is 1. The van der Waals surface area contributed by atoms with E-state index in [1.807, 2.05) is 48.7 Å². The van der Waals surface area contributed by atoms with Gasteiger partial charge in [0.2, 0.25) is 0 Å².